The molecule has 0 radical (unpaired) electrons. The van der Waals surface area contributed by atoms with Crippen LogP contribution in [0.1, 0.15) is 51.9 Å². The van der Waals surface area contributed by atoms with Gasteiger partial charge in [0, 0.05) is 52.1 Å². The first-order chi connectivity index (χ1) is 26.2. The van der Waals surface area contributed by atoms with Gasteiger partial charge in [-0.05, 0) is 71.0 Å². The Morgan fingerprint density at radius 2 is 1.64 bits per heavy atom. The summed E-state index contributed by atoms with van der Waals surface area (Å²) >= 11 is 0. The molecule has 4 heterocycles. The average Bonchev–Trinajstić information content (AvgIpc) is 3.54. The molecule has 1 saturated heterocycles. The Kier molecular flexibility index (Phi) is 13.5. The van der Waals surface area contributed by atoms with E-state index in [0.717, 1.165) is 12.1 Å². The van der Waals surface area contributed by atoms with E-state index < -0.39 is 33.4 Å². The zero-order valence-corrected chi connectivity index (χ0v) is 37.2. The second-order valence-electron chi connectivity index (χ2n) is 17.9. The molecule has 3 aromatic heterocycles. The molecule has 1 amide bonds. The van der Waals surface area contributed by atoms with Gasteiger partial charge in [-0.2, -0.15) is 9.61 Å². The molecule has 1 unspecified atom stereocenters. The maximum absolute atomic E-state index is 14.4. The lowest BCUT2D eigenvalue weighted by Crippen LogP contribution is -2.53. The number of anilines is 1. The van der Waals surface area contributed by atoms with E-state index in [1.54, 1.807) is 23.0 Å². The van der Waals surface area contributed by atoms with Crippen LogP contribution in [0.3, 0.4) is 0 Å². The molecular weight excluding hydrogens is 748 g/mol. The minimum Gasteiger partial charge on any atom is -0.494 e. The van der Waals surface area contributed by atoms with Crippen LogP contribution in [-0.4, -0.2) is 93.9 Å². The van der Waals surface area contributed by atoms with Crippen LogP contribution < -0.4 is 10.2 Å². The Balaban J connectivity index is 1.68. The molecule has 1 aliphatic heterocycles. The van der Waals surface area contributed by atoms with Crippen LogP contribution in [0, 0.1) is 11.2 Å². The van der Waals surface area contributed by atoms with E-state index in [1.165, 1.54) is 12.1 Å². The molecule has 15 heteroatoms. The van der Waals surface area contributed by atoms with E-state index in [9.17, 15) is 9.18 Å². The van der Waals surface area contributed by atoms with Crippen molar-refractivity contribution in [2.75, 3.05) is 51.4 Å². The highest BCUT2D eigenvalue weighted by Gasteiger charge is 2.43. The van der Waals surface area contributed by atoms with Gasteiger partial charge in [0.15, 0.2) is 11.4 Å². The van der Waals surface area contributed by atoms with Crippen LogP contribution in [0.2, 0.25) is 51.4 Å². The highest BCUT2D eigenvalue weighted by atomic mass is 28.3. The van der Waals surface area contributed by atoms with Gasteiger partial charge >= 0.3 is 0 Å². The van der Waals surface area contributed by atoms with Gasteiger partial charge in [0.2, 0.25) is 5.91 Å². The first-order valence-electron chi connectivity index (χ1n) is 19.5. The molecule has 56 heavy (non-hydrogen) atoms. The van der Waals surface area contributed by atoms with Crippen LogP contribution >= 0.6 is 0 Å². The zero-order valence-electron chi connectivity index (χ0n) is 35.2. The molecule has 1 aromatic carbocycles. The van der Waals surface area contributed by atoms with Crippen molar-refractivity contribution in [2.45, 2.75) is 97.8 Å². The van der Waals surface area contributed by atoms with Crippen molar-refractivity contribution in [1.29, 1.82) is 0 Å². The average molecular weight is 809 g/mol. The molecule has 0 aliphatic carbocycles. The number of amides is 1. The predicted molar refractivity (Wildman–Crippen MR) is 225 cm³/mol. The number of nitrogens with zero attached hydrogens (tertiary/aromatic N) is 5. The molecule has 0 bridgehead atoms. The van der Waals surface area contributed by atoms with Crippen molar-refractivity contribution in [3.63, 3.8) is 0 Å². The third kappa shape index (κ3) is 10.8. The Morgan fingerprint density at radius 1 is 1.02 bits per heavy atom. The van der Waals surface area contributed by atoms with Crippen molar-refractivity contribution in [3.8, 4) is 11.1 Å². The summed E-state index contributed by atoms with van der Waals surface area (Å²) in [5.74, 6) is -0.428. The van der Waals surface area contributed by atoms with Crippen LogP contribution in [0.4, 0.5) is 10.2 Å². The van der Waals surface area contributed by atoms with Gasteiger partial charge in [-0.15, -0.1) is 0 Å². The normalized spacial score (nSPS) is 16.2. The second kappa shape index (κ2) is 17.4. The van der Waals surface area contributed by atoms with Crippen molar-refractivity contribution in [1.82, 2.24) is 24.9 Å². The fraction of sp³-hybridized carbons (Fsp3) is 0.561. The number of aromatic nitrogens is 4. The van der Waals surface area contributed by atoms with Gasteiger partial charge in [0.25, 0.3) is 0 Å². The van der Waals surface area contributed by atoms with Crippen molar-refractivity contribution in [2.24, 2.45) is 5.41 Å². The standard InChI is InChI=1S/C41H61FN6O6Si2/c1-13-52-29(3)35-36(28(2)45-39(49)41(6)24-53-40(4,5)54-25-41)46-37-33(31-20-30-21-32(42)14-15-34(30)43-22-31)23-44-48(37)38(35)47(26-50-16-18-55(7,8)9)27-51-17-19-56(10,11)12/h14-15,20-23,28H,3,13,16-19,24-27H2,1-2,4-12H3,(H,45,49). The summed E-state index contributed by atoms with van der Waals surface area (Å²) in [6.45, 7) is 29.8. The zero-order chi connectivity index (χ0) is 41.1. The molecule has 1 fully saturated rings. The molecule has 4 aromatic rings. The van der Waals surface area contributed by atoms with Crippen molar-refractivity contribution < 1.29 is 32.9 Å². The quantitative estimate of drug-likeness (QED) is 0.0454. The molecule has 1 N–H and O–H groups in total. The van der Waals surface area contributed by atoms with E-state index in [0.29, 0.717) is 70.3 Å². The third-order valence-electron chi connectivity index (χ3n) is 9.77. The number of benzene rings is 1. The maximum Gasteiger partial charge on any atom is 0.231 e. The number of halogens is 1. The number of hydrogen-bond donors (Lipinski definition) is 1. The molecular formula is C41H61FN6O6Si2. The van der Waals surface area contributed by atoms with Crippen molar-refractivity contribution in [3.05, 3.63) is 60.3 Å². The summed E-state index contributed by atoms with van der Waals surface area (Å²) in [5.41, 5.74) is 2.65. The molecule has 0 spiro atoms. The lowest BCUT2D eigenvalue weighted by atomic mass is 9.89. The molecule has 5 rings (SSSR count). The predicted octanol–water partition coefficient (Wildman–Crippen LogP) is 8.49. The fourth-order valence-electron chi connectivity index (χ4n) is 6.15. The second-order valence-corrected chi connectivity index (χ2v) is 29.1. The summed E-state index contributed by atoms with van der Waals surface area (Å²) in [5, 5.41) is 8.76. The van der Waals surface area contributed by atoms with Crippen LogP contribution in [0.15, 0.2) is 43.2 Å². The van der Waals surface area contributed by atoms with Crippen LogP contribution in [0.25, 0.3) is 33.4 Å². The van der Waals surface area contributed by atoms with Crippen LogP contribution in [0.5, 0.6) is 0 Å². The summed E-state index contributed by atoms with van der Waals surface area (Å²) in [7, 11) is -2.78. The summed E-state index contributed by atoms with van der Waals surface area (Å²) in [6.07, 6.45) is 3.46. The highest BCUT2D eigenvalue weighted by Crippen LogP contribution is 2.38. The largest absolute Gasteiger partial charge is 0.494 e. The van der Waals surface area contributed by atoms with E-state index in [4.69, 9.17) is 33.8 Å². The van der Waals surface area contributed by atoms with E-state index >= 15 is 0 Å². The minimum absolute atomic E-state index is 0.189. The molecule has 1 aliphatic rings. The summed E-state index contributed by atoms with van der Waals surface area (Å²) < 4.78 is 46.9. The van der Waals surface area contributed by atoms with Crippen LogP contribution in [-0.2, 0) is 28.5 Å². The topological polar surface area (TPSA) is 122 Å². The summed E-state index contributed by atoms with van der Waals surface area (Å²) in [6, 6.07) is 7.72. The molecule has 306 valence electrons. The fourth-order valence-corrected chi connectivity index (χ4v) is 7.67. The number of rotatable bonds is 18. The monoisotopic (exact) mass is 808 g/mol. The SMILES string of the molecule is C=C(OCC)c1c(C(C)NC(=O)C2(C)COC(C)(C)OC2)nc2c(-c3cnc4ccc(F)cc4c3)cnn2c1N(COCC[Si](C)(C)C)COCC[Si](C)(C)C. The number of hydrogen-bond acceptors (Lipinski definition) is 10. The molecule has 1 atom stereocenters. The first kappa shape index (κ1) is 43.4. The number of nitrogens with one attached hydrogen (secondary N) is 1. The Morgan fingerprint density at radius 3 is 2.23 bits per heavy atom. The highest BCUT2D eigenvalue weighted by molar-refractivity contribution is 6.76. The lowest BCUT2D eigenvalue weighted by molar-refractivity contribution is -0.277. The number of carbonyl (C=O) groups excluding carboxylic acids is 1. The summed E-state index contributed by atoms with van der Waals surface area (Å²) in [4.78, 5) is 25.9. The van der Waals surface area contributed by atoms with Gasteiger partial charge in [-0.25, -0.2) is 9.37 Å². The van der Waals surface area contributed by atoms with Gasteiger partial charge in [0.05, 0.1) is 54.2 Å². The minimum atomic E-state index is -1.39. The van der Waals surface area contributed by atoms with Gasteiger partial charge in [0.1, 0.15) is 30.9 Å². The van der Waals surface area contributed by atoms with E-state index in [-0.39, 0.29) is 38.4 Å². The molecule has 0 saturated carbocycles. The number of pyridine rings is 1. The van der Waals surface area contributed by atoms with Gasteiger partial charge < -0.3 is 33.9 Å². The number of carbonyl (C=O) groups is 1. The lowest BCUT2D eigenvalue weighted by Gasteiger charge is -2.40. The smallest absolute Gasteiger partial charge is 0.231 e. The Bertz CT molecular complexity index is 2000. The van der Waals surface area contributed by atoms with Crippen molar-refractivity contribution >= 4 is 50.2 Å². The first-order valence-corrected chi connectivity index (χ1v) is 26.9. The number of fused-ring (bicyclic) bond motifs is 2. The Labute approximate surface area is 333 Å². The maximum atomic E-state index is 14.4. The van der Waals surface area contributed by atoms with Gasteiger partial charge in [-0.3, -0.25) is 9.78 Å². The van der Waals surface area contributed by atoms with E-state index in [2.05, 4.69) is 56.2 Å². The van der Waals surface area contributed by atoms with E-state index in [1.807, 2.05) is 45.6 Å². The molecule has 12 nitrogen and oxygen atoms in total. The third-order valence-corrected chi connectivity index (χ3v) is 13.2. The number of ether oxygens (including phenoxy) is 5. The van der Waals surface area contributed by atoms with Gasteiger partial charge in [-0.1, -0.05) is 45.9 Å². The Hall–Kier alpha value is -3.74.